The lowest BCUT2D eigenvalue weighted by atomic mass is 9.87. The Morgan fingerprint density at radius 1 is 1.13 bits per heavy atom. The van der Waals surface area contributed by atoms with E-state index in [1.165, 1.54) is 16.1 Å². The molecule has 0 unspecified atom stereocenters. The molecule has 208 valence electrons. The van der Waals surface area contributed by atoms with Gasteiger partial charge in [-0.2, -0.15) is 0 Å². The number of anilines is 1. The van der Waals surface area contributed by atoms with E-state index < -0.39 is 33.1 Å². The predicted octanol–water partition coefficient (Wildman–Crippen LogP) is 3.53. The van der Waals surface area contributed by atoms with Crippen LogP contribution in [0.1, 0.15) is 55.6 Å². The molecule has 0 saturated heterocycles. The fraction of sp³-hybridized carbons (Fsp3) is 0.429. The summed E-state index contributed by atoms with van der Waals surface area (Å²) in [4.78, 5) is 23.9. The number of aromatic nitrogens is 1. The molecule has 1 saturated carbocycles. The number of amides is 1. The summed E-state index contributed by atoms with van der Waals surface area (Å²) in [7, 11) is -3.73. The molecule has 0 bridgehead atoms. The van der Waals surface area contributed by atoms with Gasteiger partial charge in [-0.25, -0.2) is 16.8 Å². The number of ether oxygens (including phenoxy) is 1. The van der Waals surface area contributed by atoms with Crippen LogP contribution >= 0.6 is 0 Å². The second kappa shape index (κ2) is 9.95. The van der Waals surface area contributed by atoms with Crippen LogP contribution in [0.2, 0.25) is 0 Å². The molecule has 9 nitrogen and oxygen atoms in total. The number of benzene rings is 2. The lowest BCUT2D eigenvalue weighted by molar-refractivity contribution is -0.148. The zero-order valence-electron chi connectivity index (χ0n) is 22.0. The van der Waals surface area contributed by atoms with Crippen molar-refractivity contribution in [1.29, 1.82) is 0 Å². The number of hydrogen-bond acceptors (Lipinski definition) is 7. The van der Waals surface area contributed by atoms with Crippen molar-refractivity contribution in [2.45, 2.75) is 58.1 Å². The Bertz CT molecular complexity index is 1570. The fourth-order valence-corrected chi connectivity index (χ4v) is 8.12. The average Bonchev–Trinajstić information content (AvgIpc) is 3.17. The number of carbonyl (C=O) groups is 2. The van der Waals surface area contributed by atoms with E-state index in [0.717, 1.165) is 0 Å². The third kappa shape index (κ3) is 5.25. The van der Waals surface area contributed by atoms with Crippen LogP contribution in [-0.2, 0) is 26.0 Å². The highest BCUT2D eigenvalue weighted by molar-refractivity contribution is 7.90. The molecule has 11 heteroatoms. The normalized spacial score (nSPS) is 21.7. The first kappa shape index (κ1) is 27.1. The van der Waals surface area contributed by atoms with Gasteiger partial charge in [0.15, 0.2) is 0 Å². The summed E-state index contributed by atoms with van der Waals surface area (Å²) < 4.78 is 47.7. The molecule has 2 aromatic carbocycles. The van der Waals surface area contributed by atoms with E-state index >= 15 is 0 Å². The first-order valence-corrected chi connectivity index (χ1v) is 14.7. The van der Waals surface area contributed by atoms with Crippen molar-refractivity contribution in [1.82, 2.24) is 3.97 Å². The number of primary amides is 1. The van der Waals surface area contributed by atoms with E-state index in [-0.39, 0.29) is 24.4 Å². The minimum Gasteiger partial charge on any atom is -0.461 e. The van der Waals surface area contributed by atoms with Gasteiger partial charge in [0.25, 0.3) is 5.91 Å². The van der Waals surface area contributed by atoms with Crippen molar-refractivity contribution in [3.8, 4) is 11.1 Å². The van der Waals surface area contributed by atoms with Crippen molar-refractivity contribution in [2.24, 2.45) is 16.9 Å². The average molecular weight is 557 g/mol. The van der Waals surface area contributed by atoms with E-state index in [1.54, 1.807) is 18.2 Å². The van der Waals surface area contributed by atoms with Crippen LogP contribution in [0.5, 0.6) is 0 Å². The molecule has 0 radical (unpaired) electrons. The Hall–Kier alpha value is -3.44. The molecule has 1 aliphatic heterocycles. The number of nitrogens with one attached hydrogen (secondary N) is 1. The first-order valence-electron chi connectivity index (χ1n) is 13.0. The van der Waals surface area contributed by atoms with Gasteiger partial charge in [0.2, 0.25) is 10.0 Å². The molecule has 0 spiro atoms. The zero-order chi connectivity index (χ0) is 28.1. The van der Waals surface area contributed by atoms with Crippen molar-refractivity contribution >= 4 is 38.5 Å². The number of rotatable bonds is 6. The van der Waals surface area contributed by atoms with Crippen LogP contribution in [-0.4, -0.2) is 48.7 Å². The van der Waals surface area contributed by atoms with Gasteiger partial charge in [0.1, 0.15) is 11.9 Å². The summed E-state index contributed by atoms with van der Waals surface area (Å²) in [6.07, 6.45) is 3.02. The number of esters is 1. The van der Waals surface area contributed by atoms with Crippen molar-refractivity contribution in [2.75, 3.05) is 17.6 Å². The lowest BCUT2D eigenvalue weighted by Gasteiger charge is -2.31. The zero-order valence-corrected chi connectivity index (χ0v) is 22.8. The molecule has 1 aromatic heterocycles. The minimum absolute atomic E-state index is 0.0132. The van der Waals surface area contributed by atoms with E-state index in [1.807, 2.05) is 19.9 Å². The van der Waals surface area contributed by atoms with Crippen molar-refractivity contribution in [3.63, 3.8) is 0 Å². The smallest absolute Gasteiger partial charge is 0.319 e. The lowest BCUT2D eigenvalue weighted by Crippen LogP contribution is -2.36. The first-order chi connectivity index (χ1) is 18.4. The standard InChI is InChI=1S/C28H33FN4O5S/c1-28(2)13-24-26(21-10-4-17(29)12-23(21)33(24)39(36,37)15-28)16-3-9-20(27(31)35)22(11-16)32-18-5-7-19(8-6-18)38-25(34)14-30/h3-4,9-12,18-19,32H,5-8,13-15,30H2,1-2H3,(H2,31,35). The van der Waals surface area contributed by atoms with E-state index in [4.69, 9.17) is 16.2 Å². The Morgan fingerprint density at radius 2 is 1.85 bits per heavy atom. The van der Waals surface area contributed by atoms with Gasteiger partial charge in [-0.1, -0.05) is 19.9 Å². The maximum absolute atomic E-state index is 14.3. The predicted molar refractivity (Wildman–Crippen MR) is 147 cm³/mol. The fourth-order valence-electron chi connectivity index (χ4n) is 5.96. The number of hydrogen-bond donors (Lipinski definition) is 3. The quantitative estimate of drug-likeness (QED) is 0.394. The summed E-state index contributed by atoms with van der Waals surface area (Å²) in [6.45, 7) is 3.65. The third-order valence-electron chi connectivity index (χ3n) is 7.55. The van der Waals surface area contributed by atoms with Gasteiger partial charge in [-0.3, -0.25) is 9.59 Å². The Labute approximate surface area is 226 Å². The largest absolute Gasteiger partial charge is 0.461 e. The Kier molecular flexibility index (Phi) is 6.92. The molecule has 1 aliphatic carbocycles. The summed E-state index contributed by atoms with van der Waals surface area (Å²) in [6, 6.07) is 9.39. The molecule has 1 amide bonds. The molecule has 0 atom stereocenters. The van der Waals surface area contributed by atoms with Gasteiger partial charge < -0.3 is 21.5 Å². The second-order valence-corrected chi connectivity index (χ2v) is 13.1. The molecule has 1 fully saturated rings. The van der Waals surface area contributed by atoms with E-state index in [2.05, 4.69) is 5.32 Å². The van der Waals surface area contributed by atoms with Crippen LogP contribution < -0.4 is 16.8 Å². The van der Waals surface area contributed by atoms with Gasteiger partial charge in [-0.15, -0.1) is 0 Å². The summed E-state index contributed by atoms with van der Waals surface area (Å²) >= 11 is 0. The van der Waals surface area contributed by atoms with E-state index in [9.17, 15) is 22.4 Å². The van der Waals surface area contributed by atoms with Crippen molar-refractivity contribution in [3.05, 3.63) is 53.5 Å². The maximum Gasteiger partial charge on any atom is 0.319 e. The van der Waals surface area contributed by atoms with Crippen LogP contribution in [0.25, 0.3) is 22.0 Å². The van der Waals surface area contributed by atoms with Crippen LogP contribution in [0, 0.1) is 11.2 Å². The third-order valence-corrected chi connectivity index (χ3v) is 9.67. The molecule has 5 rings (SSSR count). The van der Waals surface area contributed by atoms with Crippen molar-refractivity contribution < 1.29 is 27.1 Å². The number of nitrogens with zero attached hydrogens (tertiary/aromatic N) is 1. The molecule has 3 aromatic rings. The van der Waals surface area contributed by atoms with E-state index in [0.29, 0.717) is 71.1 Å². The SMILES string of the molecule is CC1(C)Cc2c(-c3ccc(C(N)=O)c(NC4CCC(OC(=O)CN)CC4)c3)c3ccc(F)cc3n2S(=O)(=O)C1. The maximum atomic E-state index is 14.3. The van der Waals surface area contributed by atoms with Gasteiger partial charge in [-0.05, 0) is 73.4 Å². The van der Waals surface area contributed by atoms with Crippen LogP contribution in [0.3, 0.4) is 0 Å². The summed E-state index contributed by atoms with van der Waals surface area (Å²) in [5.74, 6) is -1.59. The Morgan fingerprint density at radius 3 is 2.51 bits per heavy atom. The monoisotopic (exact) mass is 556 g/mol. The summed E-state index contributed by atoms with van der Waals surface area (Å²) in [5.41, 5.74) is 13.7. The second-order valence-electron chi connectivity index (χ2n) is 11.3. The Balaban J connectivity index is 1.56. The van der Waals surface area contributed by atoms with Crippen LogP contribution in [0.15, 0.2) is 36.4 Å². The highest BCUT2D eigenvalue weighted by atomic mass is 32.2. The molecule has 39 heavy (non-hydrogen) atoms. The highest BCUT2D eigenvalue weighted by Crippen LogP contribution is 2.44. The van der Waals surface area contributed by atoms with Crippen LogP contribution in [0.4, 0.5) is 10.1 Å². The minimum atomic E-state index is -3.73. The molecular weight excluding hydrogens is 523 g/mol. The number of halogens is 1. The molecule has 2 aliphatic rings. The number of carbonyl (C=O) groups excluding carboxylic acids is 2. The molecule has 5 N–H and O–H groups in total. The van der Waals surface area contributed by atoms with Gasteiger partial charge in [0, 0.05) is 28.4 Å². The summed E-state index contributed by atoms with van der Waals surface area (Å²) in [5, 5.41) is 4.06. The topological polar surface area (TPSA) is 147 Å². The number of nitrogens with two attached hydrogens (primary N) is 2. The highest BCUT2D eigenvalue weighted by Gasteiger charge is 2.39. The van der Waals surface area contributed by atoms with Gasteiger partial charge in [0.05, 0.1) is 23.4 Å². The number of fused-ring (bicyclic) bond motifs is 3. The van der Waals surface area contributed by atoms with Gasteiger partial charge >= 0.3 is 5.97 Å². The molecular formula is C28H33FN4O5S. The molecule has 2 heterocycles.